The summed E-state index contributed by atoms with van der Waals surface area (Å²) in [7, 11) is -4.13. The fourth-order valence-electron chi connectivity index (χ4n) is 5.28. The van der Waals surface area contributed by atoms with E-state index in [0.29, 0.717) is 35.5 Å². The Morgan fingerprint density at radius 2 is 1.73 bits per heavy atom. The van der Waals surface area contributed by atoms with Crippen LogP contribution in [0.2, 0.25) is 18.1 Å². The predicted molar refractivity (Wildman–Crippen MR) is 203 cm³/mol. The lowest BCUT2D eigenvalue weighted by molar-refractivity contribution is 0.276. The van der Waals surface area contributed by atoms with E-state index in [4.69, 9.17) is 9.41 Å². The van der Waals surface area contributed by atoms with Crippen LogP contribution in [0.5, 0.6) is 0 Å². The molecule has 0 aliphatic carbocycles. The highest BCUT2D eigenvalue weighted by Crippen LogP contribution is 2.38. The SMILES string of the molecule is CNc1nc(NCc2cc(CO[Si](C)(C)C(C)(C)C)ccn2)c2c(-c3ccc4ncc(S)cc4c3)cn(S(=O)(=O)Cc3ccccc3)c2n1. The normalized spacial score (nSPS) is 12.5. The molecule has 0 aliphatic rings. The summed E-state index contributed by atoms with van der Waals surface area (Å²) in [6.45, 7) is 12.0. The van der Waals surface area contributed by atoms with Crippen LogP contribution in [0.4, 0.5) is 11.8 Å². The maximum absolute atomic E-state index is 14.1. The van der Waals surface area contributed by atoms with Crippen molar-refractivity contribution < 1.29 is 12.8 Å². The molecule has 0 saturated carbocycles. The third-order valence-electron chi connectivity index (χ3n) is 9.03. The summed E-state index contributed by atoms with van der Waals surface area (Å²) in [4.78, 5) is 19.3. The zero-order valence-electron chi connectivity index (χ0n) is 28.5. The van der Waals surface area contributed by atoms with Gasteiger partial charge in [0.2, 0.25) is 16.0 Å². The van der Waals surface area contributed by atoms with E-state index in [1.807, 2.05) is 54.6 Å². The van der Waals surface area contributed by atoms with E-state index in [1.165, 1.54) is 3.97 Å². The van der Waals surface area contributed by atoms with Gasteiger partial charge in [-0.2, -0.15) is 9.97 Å². The second-order valence-electron chi connectivity index (χ2n) is 13.6. The van der Waals surface area contributed by atoms with Gasteiger partial charge in [-0.15, -0.1) is 12.6 Å². The minimum absolute atomic E-state index is 0.104. The molecule has 2 N–H and O–H groups in total. The Hall–Kier alpha value is -4.30. The van der Waals surface area contributed by atoms with E-state index in [0.717, 1.165) is 32.6 Å². The van der Waals surface area contributed by atoms with Crippen LogP contribution in [0.3, 0.4) is 0 Å². The van der Waals surface area contributed by atoms with Crippen molar-refractivity contribution in [2.75, 3.05) is 17.7 Å². The summed E-state index contributed by atoms with van der Waals surface area (Å²) in [6, 6.07) is 20.9. The van der Waals surface area contributed by atoms with Gasteiger partial charge in [0.1, 0.15) is 5.82 Å². The summed E-state index contributed by atoms with van der Waals surface area (Å²) < 4.78 is 35.9. The van der Waals surface area contributed by atoms with Gasteiger partial charge in [-0.05, 0) is 65.2 Å². The van der Waals surface area contributed by atoms with Gasteiger partial charge < -0.3 is 15.1 Å². The number of nitrogens with one attached hydrogen (secondary N) is 2. The highest BCUT2D eigenvalue weighted by atomic mass is 32.2. The van der Waals surface area contributed by atoms with Gasteiger partial charge in [0, 0.05) is 41.5 Å². The number of thiol groups is 1. The summed E-state index contributed by atoms with van der Waals surface area (Å²) in [6.07, 6.45) is 5.12. The average Bonchev–Trinajstić information content (AvgIpc) is 3.47. The average molecular weight is 712 g/mol. The molecule has 49 heavy (non-hydrogen) atoms. The van der Waals surface area contributed by atoms with Crippen molar-refractivity contribution in [2.24, 2.45) is 0 Å². The molecule has 0 unspecified atom stereocenters. The van der Waals surface area contributed by atoms with Crippen molar-refractivity contribution in [1.82, 2.24) is 23.9 Å². The number of hydrogen-bond donors (Lipinski definition) is 3. The number of fused-ring (bicyclic) bond motifs is 2. The lowest BCUT2D eigenvalue weighted by atomic mass is 10.0. The lowest BCUT2D eigenvalue weighted by Crippen LogP contribution is -2.40. The van der Waals surface area contributed by atoms with Crippen LogP contribution < -0.4 is 10.6 Å². The van der Waals surface area contributed by atoms with Crippen molar-refractivity contribution >= 4 is 64.7 Å². The molecule has 4 heterocycles. The van der Waals surface area contributed by atoms with E-state index in [9.17, 15) is 8.42 Å². The Morgan fingerprint density at radius 3 is 2.47 bits per heavy atom. The van der Waals surface area contributed by atoms with Gasteiger partial charge in [-0.3, -0.25) is 9.97 Å². The molecule has 0 amide bonds. The summed E-state index contributed by atoms with van der Waals surface area (Å²) in [5.74, 6) is 0.559. The van der Waals surface area contributed by atoms with Crippen LogP contribution in [-0.2, 0) is 33.4 Å². The highest BCUT2D eigenvalue weighted by Gasteiger charge is 2.37. The first-order valence-electron chi connectivity index (χ1n) is 16.0. The van der Waals surface area contributed by atoms with Crippen LogP contribution in [-0.4, -0.2) is 47.7 Å². The Labute approximate surface area is 294 Å². The molecule has 0 saturated heterocycles. The quantitative estimate of drug-likeness (QED) is 0.0910. The third kappa shape index (κ3) is 7.49. The molecule has 2 aromatic carbocycles. The van der Waals surface area contributed by atoms with E-state index in [1.54, 1.807) is 37.8 Å². The van der Waals surface area contributed by atoms with E-state index < -0.39 is 18.3 Å². The van der Waals surface area contributed by atoms with Gasteiger partial charge in [-0.25, -0.2) is 12.4 Å². The second kappa shape index (κ2) is 13.5. The predicted octanol–water partition coefficient (Wildman–Crippen LogP) is 7.88. The number of anilines is 2. The number of nitrogens with zero attached hydrogens (tertiary/aromatic N) is 5. The molecule has 0 spiro atoms. The number of hydrogen-bond acceptors (Lipinski definition) is 10. The Balaban J connectivity index is 1.43. The standard InChI is InChI=1S/C36H41N7O3S2Si/c1-36(2,3)49(5,6)46-22-25-14-15-38-28(16-25)19-40-33-32-30(26-12-13-31-27(17-26)18-29(47)20-39-31)21-43(34(32)42-35(37-4)41-33)48(44,45)23-24-10-8-7-9-11-24/h7-18,20-21,47H,19,22-23H2,1-6H3,(H2,37,40,41,42). The van der Waals surface area contributed by atoms with E-state index in [-0.39, 0.29) is 22.4 Å². The first-order chi connectivity index (χ1) is 23.2. The molecule has 10 nitrogen and oxygen atoms in total. The number of benzene rings is 2. The molecule has 6 rings (SSSR count). The third-order valence-corrected chi connectivity index (χ3v) is 15.3. The van der Waals surface area contributed by atoms with Crippen molar-refractivity contribution in [3.63, 3.8) is 0 Å². The molecule has 13 heteroatoms. The fraction of sp³-hybridized carbons (Fsp3) is 0.278. The summed E-state index contributed by atoms with van der Waals surface area (Å²) in [5, 5.41) is 8.01. The second-order valence-corrected chi connectivity index (χ2v) is 20.8. The fourth-order valence-corrected chi connectivity index (χ4v) is 7.85. The van der Waals surface area contributed by atoms with Gasteiger partial charge in [0.05, 0.1) is 35.5 Å². The summed E-state index contributed by atoms with van der Waals surface area (Å²) in [5.41, 5.74) is 5.02. The van der Waals surface area contributed by atoms with Crippen LogP contribution in [0.15, 0.2) is 90.2 Å². The first-order valence-corrected chi connectivity index (χ1v) is 21.0. The monoisotopic (exact) mass is 711 g/mol. The Kier molecular flexibility index (Phi) is 9.55. The van der Waals surface area contributed by atoms with Gasteiger partial charge in [-0.1, -0.05) is 57.2 Å². The van der Waals surface area contributed by atoms with Crippen LogP contribution in [0, 0.1) is 0 Å². The molecule has 0 atom stereocenters. The molecule has 254 valence electrons. The van der Waals surface area contributed by atoms with E-state index >= 15 is 0 Å². The van der Waals surface area contributed by atoms with Gasteiger partial charge in [0.15, 0.2) is 14.0 Å². The number of pyridine rings is 2. The molecular formula is C36H41N7O3S2Si. The Bertz CT molecular complexity index is 2250. The summed E-state index contributed by atoms with van der Waals surface area (Å²) >= 11 is 4.48. The van der Waals surface area contributed by atoms with Gasteiger partial charge >= 0.3 is 0 Å². The number of aromatic nitrogens is 5. The molecular weight excluding hydrogens is 671 g/mol. The minimum atomic E-state index is -3.90. The van der Waals surface area contributed by atoms with E-state index in [2.05, 4.69) is 72.1 Å². The van der Waals surface area contributed by atoms with Crippen molar-refractivity contribution in [1.29, 1.82) is 0 Å². The molecule has 0 aliphatic heterocycles. The molecule has 0 fully saturated rings. The van der Waals surface area contributed by atoms with Crippen molar-refractivity contribution in [2.45, 2.75) is 62.7 Å². The highest BCUT2D eigenvalue weighted by molar-refractivity contribution is 7.89. The minimum Gasteiger partial charge on any atom is -0.413 e. The Morgan fingerprint density at radius 1 is 0.959 bits per heavy atom. The zero-order valence-corrected chi connectivity index (χ0v) is 31.2. The maximum Gasteiger partial charge on any atom is 0.244 e. The topological polar surface area (TPSA) is 124 Å². The van der Waals surface area contributed by atoms with Crippen LogP contribution >= 0.6 is 12.6 Å². The smallest absolute Gasteiger partial charge is 0.244 e. The molecule has 6 aromatic rings. The molecule has 0 radical (unpaired) electrons. The maximum atomic E-state index is 14.1. The van der Waals surface area contributed by atoms with Gasteiger partial charge in [0.25, 0.3) is 0 Å². The van der Waals surface area contributed by atoms with Crippen LogP contribution in [0.25, 0.3) is 33.1 Å². The lowest BCUT2D eigenvalue weighted by Gasteiger charge is -2.36. The molecule has 0 bridgehead atoms. The van der Waals surface area contributed by atoms with Crippen molar-refractivity contribution in [3.05, 3.63) is 102 Å². The number of rotatable bonds is 11. The first kappa shape index (κ1) is 34.6. The molecule has 4 aromatic heterocycles. The van der Waals surface area contributed by atoms with Crippen molar-refractivity contribution in [3.8, 4) is 11.1 Å². The largest absolute Gasteiger partial charge is 0.413 e. The zero-order chi connectivity index (χ0) is 35.0. The van der Waals surface area contributed by atoms with Crippen LogP contribution in [0.1, 0.15) is 37.6 Å².